The summed E-state index contributed by atoms with van der Waals surface area (Å²) in [5, 5.41) is 6.88. The Bertz CT molecular complexity index is 1740. The lowest BCUT2D eigenvalue weighted by molar-refractivity contribution is -0.145. The Morgan fingerprint density at radius 2 is 1.71 bits per heavy atom. The molecule has 0 saturated carbocycles. The van der Waals surface area contributed by atoms with Crippen LogP contribution in [0.3, 0.4) is 0 Å². The highest BCUT2D eigenvalue weighted by atomic mass is 35.5. The first-order chi connectivity index (χ1) is 21.6. The maximum Gasteiger partial charge on any atom is 0.322 e. The molecule has 1 amide bonds. The summed E-state index contributed by atoms with van der Waals surface area (Å²) in [4.78, 5) is 36.8. The van der Waals surface area contributed by atoms with Crippen LogP contribution in [0.2, 0.25) is 10.0 Å². The number of hydrogen-bond acceptors (Lipinski definition) is 8. The maximum atomic E-state index is 13.3. The van der Waals surface area contributed by atoms with Crippen molar-refractivity contribution in [2.45, 2.75) is 39.4 Å². The van der Waals surface area contributed by atoms with Gasteiger partial charge in [0.15, 0.2) is 5.82 Å². The number of rotatable bonds is 10. The summed E-state index contributed by atoms with van der Waals surface area (Å²) in [6.07, 6.45) is 0.836. The van der Waals surface area contributed by atoms with Crippen LogP contribution < -0.4 is 15.4 Å². The summed E-state index contributed by atoms with van der Waals surface area (Å²) in [5.74, 6) is 0.0833. The number of benzene rings is 2. The van der Waals surface area contributed by atoms with Crippen molar-refractivity contribution in [3.05, 3.63) is 81.4 Å². The van der Waals surface area contributed by atoms with Gasteiger partial charge in [0, 0.05) is 61.1 Å². The van der Waals surface area contributed by atoms with Crippen molar-refractivity contribution in [2.24, 2.45) is 7.05 Å². The van der Waals surface area contributed by atoms with Crippen molar-refractivity contribution < 1.29 is 19.1 Å². The number of likely N-dealkylation sites (N-methyl/N-ethyl adjacent to an activating group) is 1. The highest BCUT2D eigenvalue weighted by Gasteiger charge is 2.25. The van der Waals surface area contributed by atoms with Gasteiger partial charge in [-0.2, -0.15) is 0 Å². The third-order valence-corrected chi connectivity index (χ3v) is 8.65. The van der Waals surface area contributed by atoms with Crippen LogP contribution in [0.15, 0.2) is 48.5 Å². The van der Waals surface area contributed by atoms with Gasteiger partial charge >= 0.3 is 5.97 Å². The summed E-state index contributed by atoms with van der Waals surface area (Å²) in [6, 6.07) is 14.3. The number of imidazole rings is 1. The lowest BCUT2D eigenvalue weighted by atomic mass is 10.00. The molecule has 1 atom stereocenters. The molecule has 236 valence electrons. The van der Waals surface area contributed by atoms with Crippen LogP contribution in [-0.2, 0) is 36.1 Å². The van der Waals surface area contributed by atoms with Gasteiger partial charge in [0.2, 0.25) is 5.88 Å². The number of esters is 1. The number of nitrogens with zero attached hydrogens (tertiary/aromatic N) is 4. The molecular weight excluding hydrogens is 615 g/mol. The first-order valence-electron chi connectivity index (χ1n) is 14.7. The van der Waals surface area contributed by atoms with Crippen molar-refractivity contribution >= 4 is 40.8 Å². The van der Waals surface area contributed by atoms with Crippen LogP contribution >= 0.6 is 23.2 Å². The summed E-state index contributed by atoms with van der Waals surface area (Å²) < 4.78 is 12.5. The predicted molar refractivity (Wildman–Crippen MR) is 176 cm³/mol. The monoisotopic (exact) mass is 650 g/mol. The summed E-state index contributed by atoms with van der Waals surface area (Å²) in [5.41, 5.74) is 5.84. The molecular formula is C33H36Cl2N6O4. The summed E-state index contributed by atoms with van der Waals surface area (Å²) >= 11 is 13.9. The number of amides is 1. The van der Waals surface area contributed by atoms with Gasteiger partial charge < -0.3 is 29.6 Å². The molecule has 1 aliphatic rings. The molecule has 4 aromatic rings. The van der Waals surface area contributed by atoms with Gasteiger partial charge in [-0.3, -0.25) is 9.59 Å². The zero-order chi connectivity index (χ0) is 32.2. The smallest absolute Gasteiger partial charge is 0.322 e. The lowest BCUT2D eigenvalue weighted by Gasteiger charge is -2.21. The molecule has 0 bridgehead atoms. The molecule has 2 N–H and O–H groups in total. The SMILES string of the molecule is CCOC(=O)[C@H](C)NCc1ccc(-c2cccc(-c3cccc(NC(=O)c4nc5c(n4C)CCN(C)C5)c3Cl)c2Cl)nc1OC. The first-order valence-corrected chi connectivity index (χ1v) is 15.4. The molecule has 5 rings (SSSR count). The van der Waals surface area contributed by atoms with Gasteiger partial charge in [-0.1, -0.05) is 59.6 Å². The number of aromatic nitrogens is 3. The molecule has 45 heavy (non-hydrogen) atoms. The second kappa shape index (κ2) is 14.0. The topological polar surface area (TPSA) is 111 Å². The normalized spacial score (nSPS) is 13.7. The fourth-order valence-corrected chi connectivity index (χ4v) is 5.96. The van der Waals surface area contributed by atoms with Crippen molar-refractivity contribution in [1.29, 1.82) is 0 Å². The van der Waals surface area contributed by atoms with Crippen LogP contribution in [0, 0.1) is 0 Å². The molecule has 10 nitrogen and oxygen atoms in total. The van der Waals surface area contributed by atoms with E-state index in [0.29, 0.717) is 69.5 Å². The van der Waals surface area contributed by atoms with Crippen LogP contribution in [0.1, 0.15) is 41.4 Å². The fourth-order valence-electron chi connectivity index (χ4n) is 5.36. The average molecular weight is 652 g/mol. The van der Waals surface area contributed by atoms with E-state index in [1.807, 2.05) is 61.1 Å². The highest BCUT2D eigenvalue weighted by molar-refractivity contribution is 6.39. The van der Waals surface area contributed by atoms with E-state index < -0.39 is 6.04 Å². The highest BCUT2D eigenvalue weighted by Crippen LogP contribution is 2.41. The van der Waals surface area contributed by atoms with E-state index in [-0.39, 0.29) is 11.9 Å². The predicted octanol–water partition coefficient (Wildman–Crippen LogP) is 5.75. The number of carbonyl (C=O) groups excluding carboxylic acids is 2. The first kappa shape index (κ1) is 32.4. The van der Waals surface area contributed by atoms with E-state index >= 15 is 0 Å². The quantitative estimate of drug-likeness (QED) is 0.209. The molecule has 0 aliphatic carbocycles. The van der Waals surface area contributed by atoms with Gasteiger partial charge in [0.1, 0.15) is 6.04 Å². The van der Waals surface area contributed by atoms with Crippen molar-refractivity contribution in [3.8, 4) is 28.3 Å². The standard InChI is InChI=1S/C33H36Cl2N6O4/c1-6-45-33(43)19(2)36-17-20-13-14-24(39-32(20)44-5)23-11-7-9-21(28(23)34)22-10-8-12-25(29(22)35)38-31(42)30-37-26-18-40(3)16-15-27(26)41(30)4/h7-14,19,36H,6,15-18H2,1-5H3,(H,38,42)/t19-/m0/s1. The molecule has 12 heteroatoms. The van der Waals surface area contributed by atoms with Gasteiger partial charge in [-0.25, -0.2) is 9.97 Å². The van der Waals surface area contributed by atoms with E-state index in [1.165, 1.54) is 0 Å². The molecule has 0 radical (unpaired) electrons. The molecule has 1 aliphatic heterocycles. The van der Waals surface area contributed by atoms with E-state index in [1.54, 1.807) is 27.0 Å². The Morgan fingerprint density at radius 1 is 1.00 bits per heavy atom. The average Bonchev–Trinajstić information content (AvgIpc) is 3.36. The van der Waals surface area contributed by atoms with Crippen molar-refractivity contribution in [2.75, 3.05) is 32.6 Å². The van der Waals surface area contributed by atoms with Crippen LogP contribution in [0.25, 0.3) is 22.4 Å². The number of fused-ring (bicyclic) bond motifs is 1. The van der Waals surface area contributed by atoms with E-state index in [0.717, 1.165) is 29.9 Å². The Balaban J connectivity index is 1.39. The number of anilines is 1. The van der Waals surface area contributed by atoms with Crippen LogP contribution in [0.5, 0.6) is 5.88 Å². The van der Waals surface area contributed by atoms with Crippen LogP contribution in [-0.4, -0.2) is 64.7 Å². The number of carbonyl (C=O) groups is 2. The van der Waals surface area contributed by atoms with Gasteiger partial charge in [-0.15, -0.1) is 0 Å². The minimum absolute atomic E-state index is 0.319. The van der Waals surface area contributed by atoms with E-state index in [2.05, 4.69) is 20.5 Å². The zero-order valence-electron chi connectivity index (χ0n) is 25.9. The second-order valence-electron chi connectivity index (χ2n) is 10.9. The van der Waals surface area contributed by atoms with Crippen molar-refractivity contribution in [3.63, 3.8) is 0 Å². The van der Waals surface area contributed by atoms with Gasteiger partial charge in [0.05, 0.1) is 40.8 Å². The Hall–Kier alpha value is -3.96. The molecule has 0 spiro atoms. The molecule has 0 unspecified atom stereocenters. The van der Waals surface area contributed by atoms with Crippen molar-refractivity contribution in [1.82, 2.24) is 24.8 Å². The van der Waals surface area contributed by atoms with Gasteiger partial charge in [-0.05, 0) is 33.0 Å². The number of pyridine rings is 1. The molecule has 2 aromatic heterocycles. The number of methoxy groups -OCH3 is 1. The van der Waals surface area contributed by atoms with E-state index in [4.69, 9.17) is 37.7 Å². The fraction of sp³-hybridized carbons (Fsp3) is 0.333. The van der Waals surface area contributed by atoms with Gasteiger partial charge in [0.25, 0.3) is 5.91 Å². The molecule has 2 aromatic carbocycles. The summed E-state index contributed by atoms with van der Waals surface area (Å²) in [6.45, 7) is 5.81. The molecule has 3 heterocycles. The Kier molecular flexibility index (Phi) is 10.1. The minimum atomic E-state index is -0.484. The number of nitrogens with one attached hydrogen (secondary N) is 2. The molecule has 0 saturated heterocycles. The minimum Gasteiger partial charge on any atom is -0.481 e. The Morgan fingerprint density at radius 3 is 2.44 bits per heavy atom. The number of hydrogen-bond donors (Lipinski definition) is 2. The third kappa shape index (κ3) is 6.84. The maximum absolute atomic E-state index is 13.3. The lowest BCUT2D eigenvalue weighted by Crippen LogP contribution is -2.35. The molecule has 0 fully saturated rings. The number of ether oxygens (including phenoxy) is 2. The zero-order valence-corrected chi connectivity index (χ0v) is 27.4. The largest absolute Gasteiger partial charge is 0.481 e. The summed E-state index contributed by atoms with van der Waals surface area (Å²) in [7, 11) is 5.45. The van der Waals surface area contributed by atoms with Crippen LogP contribution in [0.4, 0.5) is 5.69 Å². The number of halogens is 2. The second-order valence-corrected chi connectivity index (χ2v) is 11.6. The Labute approximate surface area is 272 Å². The van der Waals surface area contributed by atoms with E-state index in [9.17, 15) is 9.59 Å². The third-order valence-electron chi connectivity index (χ3n) is 7.83.